The third-order valence-corrected chi connectivity index (χ3v) is 2.72. The predicted octanol–water partition coefficient (Wildman–Crippen LogP) is 2.76. The Labute approximate surface area is 114 Å². The van der Waals surface area contributed by atoms with Crippen molar-refractivity contribution in [3.05, 3.63) is 29.8 Å². The maximum absolute atomic E-state index is 12.6. The van der Waals surface area contributed by atoms with Crippen LogP contribution in [-0.2, 0) is 11.0 Å². The predicted molar refractivity (Wildman–Crippen MR) is 66.1 cm³/mol. The molecular formula is C13H13F3N2O2. The van der Waals surface area contributed by atoms with Gasteiger partial charge in [-0.3, -0.25) is 4.79 Å². The minimum Gasteiger partial charge on any atom is -0.481 e. The first kappa shape index (κ1) is 15.8. The van der Waals surface area contributed by atoms with Gasteiger partial charge in [0.2, 0.25) is 0 Å². The van der Waals surface area contributed by atoms with Gasteiger partial charge in [-0.25, -0.2) is 0 Å². The van der Waals surface area contributed by atoms with Gasteiger partial charge in [0, 0.05) is 12.2 Å². The van der Waals surface area contributed by atoms with Gasteiger partial charge in [0.25, 0.3) is 0 Å². The summed E-state index contributed by atoms with van der Waals surface area (Å²) in [4.78, 5) is 12.1. The fourth-order valence-electron chi connectivity index (χ4n) is 1.63. The quantitative estimate of drug-likeness (QED) is 0.845. The van der Waals surface area contributed by atoms with Crippen molar-refractivity contribution in [1.29, 1.82) is 5.26 Å². The third kappa shape index (κ3) is 4.16. The Kier molecular flexibility index (Phi) is 4.97. The number of alkyl halides is 3. The Balaban J connectivity index is 3.04. The van der Waals surface area contributed by atoms with Crippen LogP contribution in [0.15, 0.2) is 24.3 Å². The maximum atomic E-state index is 12.6. The van der Waals surface area contributed by atoms with Gasteiger partial charge >= 0.3 is 12.1 Å². The van der Waals surface area contributed by atoms with E-state index in [1.54, 1.807) is 0 Å². The molecule has 1 N–H and O–H groups in total. The Morgan fingerprint density at radius 3 is 2.65 bits per heavy atom. The molecule has 0 heterocycles. The fourth-order valence-corrected chi connectivity index (χ4v) is 1.63. The zero-order valence-electron chi connectivity index (χ0n) is 10.7. The molecular weight excluding hydrogens is 273 g/mol. The number of carboxylic acids is 1. The highest BCUT2D eigenvalue weighted by Crippen LogP contribution is 2.31. The Morgan fingerprint density at radius 2 is 2.15 bits per heavy atom. The largest absolute Gasteiger partial charge is 0.481 e. The van der Waals surface area contributed by atoms with Crippen molar-refractivity contribution < 1.29 is 23.1 Å². The lowest BCUT2D eigenvalue weighted by atomic mass is 10.1. The number of benzene rings is 1. The first-order valence-electron chi connectivity index (χ1n) is 5.77. The van der Waals surface area contributed by atoms with Gasteiger partial charge in [0.15, 0.2) is 0 Å². The first-order valence-corrected chi connectivity index (χ1v) is 5.77. The van der Waals surface area contributed by atoms with Crippen molar-refractivity contribution in [2.45, 2.75) is 13.1 Å². The summed E-state index contributed by atoms with van der Waals surface area (Å²) in [5, 5.41) is 17.6. The molecule has 1 aromatic rings. The summed E-state index contributed by atoms with van der Waals surface area (Å²) in [5.74, 6) is -1.86. The lowest BCUT2D eigenvalue weighted by molar-refractivity contribution is -0.141. The van der Waals surface area contributed by atoms with E-state index in [2.05, 4.69) is 0 Å². The average Bonchev–Trinajstić information content (AvgIpc) is 2.37. The minimum atomic E-state index is -4.48. The molecule has 1 aromatic carbocycles. The lowest BCUT2D eigenvalue weighted by Crippen LogP contribution is -2.32. The van der Waals surface area contributed by atoms with E-state index >= 15 is 0 Å². The monoisotopic (exact) mass is 286 g/mol. The number of carboxylic acid groups (broad SMARTS) is 1. The Hall–Kier alpha value is -2.23. The second-order valence-electron chi connectivity index (χ2n) is 4.33. The van der Waals surface area contributed by atoms with Crippen LogP contribution in [0.1, 0.15) is 12.5 Å². The van der Waals surface area contributed by atoms with Crippen LogP contribution in [0.3, 0.4) is 0 Å². The van der Waals surface area contributed by atoms with Gasteiger partial charge in [-0.1, -0.05) is 13.0 Å². The van der Waals surface area contributed by atoms with Gasteiger partial charge in [0.05, 0.1) is 17.6 Å². The second kappa shape index (κ2) is 6.28. The normalized spacial score (nSPS) is 12.6. The van der Waals surface area contributed by atoms with E-state index in [-0.39, 0.29) is 18.8 Å². The van der Waals surface area contributed by atoms with E-state index in [1.165, 1.54) is 24.0 Å². The molecule has 108 valence electrons. The molecule has 0 radical (unpaired) electrons. The van der Waals surface area contributed by atoms with E-state index in [0.717, 1.165) is 12.1 Å². The van der Waals surface area contributed by atoms with Crippen LogP contribution in [0.25, 0.3) is 0 Å². The SMILES string of the molecule is CC(CN(CC#N)c1cccc(C(F)(F)F)c1)C(=O)O. The zero-order chi connectivity index (χ0) is 15.3. The third-order valence-electron chi connectivity index (χ3n) is 2.72. The zero-order valence-corrected chi connectivity index (χ0v) is 10.7. The number of anilines is 1. The number of nitrogens with zero attached hydrogens (tertiary/aromatic N) is 2. The highest BCUT2D eigenvalue weighted by Gasteiger charge is 2.31. The van der Waals surface area contributed by atoms with Crippen molar-refractivity contribution in [1.82, 2.24) is 0 Å². The number of carbonyl (C=O) groups is 1. The molecule has 0 bridgehead atoms. The summed E-state index contributed by atoms with van der Waals surface area (Å²) < 4.78 is 37.9. The molecule has 0 aromatic heterocycles. The number of aliphatic carboxylic acids is 1. The first-order chi connectivity index (χ1) is 9.25. The van der Waals surface area contributed by atoms with Crippen molar-refractivity contribution >= 4 is 11.7 Å². The van der Waals surface area contributed by atoms with Gasteiger partial charge in [-0.05, 0) is 18.2 Å². The molecule has 0 aliphatic rings. The van der Waals surface area contributed by atoms with E-state index in [9.17, 15) is 18.0 Å². The molecule has 4 nitrogen and oxygen atoms in total. The van der Waals surface area contributed by atoms with Gasteiger partial charge in [0.1, 0.15) is 6.54 Å². The van der Waals surface area contributed by atoms with Crippen LogP contribution in [0.2, 0.25) is 0 Å². The molecule has 1 rings (SSSR count). The number of halogens is 3. The molecule has 7 heteroatoms. The van der Waals surface area contributed by atoms with Crippen LogP contribution in [0.5, 0.6) is 0 Å². The van der Waals surface area contributed by atoms with Crippen molar-refractivity contribution in [2.24, 2.45) is 5.92 Å². The van der Waals surface area contributed by atoms with Gasteiger partial charge in [-0.15, -0.1) is 0 Å². The number of nitriles is 1. The average molecular weight is 286 g/mol. The Morgan fingerprint density at radius 1 is 1.50 bits per heavy atom. The van der Waals surface area contributed by atoms with E-state index < -0.39 is 23.6 Å². The molecule has 0 aliphatic carbocycles. The molecule has 0 saturated carbocycles. The molecule has 1 atom stereocenters. The van der Waals surface area contributed by atoms with E-state index in [0.29, 0.717) is 0 Å². The summed E-state index contributed by atoms with van der Waals surface area (Å²) in [6, 6.07) is 6.30. The topological polar surface area (TPSA) is 64.3 Å². The van der Waals surface area contributed by atoms with Gasteiger partial charge < -0.3 is 10.0 Å². The van der Waals surface area contributed by atoms with E-state index in [4.69, 9.17) is 10.4 Å². The molecule has 0 aliphatic heterocycles. The lowest BCUT2D eigenvalue weighted by Gasteiger charge is -2.24. The number of rotatable bonds is 5. The standard InChI is InChI=1S/C13H13F3N2O2/c1-9(12(19)20)8-18(6-5-17)11-4-2-3-10(7-11)13(14,15)16/h2-4,7,9H,6,8H2,1H3,(H,19,20). The van der Waals surface area contributed by atoms with Crippen LogP contribution in [0.4, 0.5) is 18.9 Å². The van der Waals surface area contributed by atoms with E-state index in [1.807, 2.05) is 6.07 Å². The summed E-state index contributed by atoms with van der Waals surface area (Å²) in [5.41, 5.74) is -0.657. The molecule has 0 spiro atoms. The minimum absolute atomic E-state index is 0.0375. The van der Waals surface area contributed by atoms with Crippen LogP contribution in [-0.4, -0.2) is 24.2 Å². The molecule has 1 unspecified atom stereocenters. The Bertz CT molecular complexity index is 523. The van der Waals surface area contributed by atoms with Crippen LogP contribution in [0, 0.1) is 17.2 Å². The summed E-state index contributed by atoms with van der Waals surface area (Å²) in [7, 11) is 0. The number of hydrogen-bond donors (Lipinski definition) is 1. The number of hydrogen-bond acceptors (Lipinski definition) is 3. The second-order valence-corrected chi connectivity index (χ2v) is 4.33. The smallest absolute Gasteiger partial charge is 0.416 e. The maximum Gasteiger partial charge on any atom is 0.416 e. The molecule has 20 heavy (non-hydrogen) atoms. The van der Waals surface area contributed by atoms with Crippen LogP contribution < -0.4 is 4.90 Å². The van der Waals surface area contributed by atoms with Crippen molar-refractivity contribution in [3.8, 4) is 6.07 Å². The highest BCUT2D eigenvalue weighted by atomic mass is 19.4. The highest BCUT2D eigenvalue weighted by molar-refractivity contribution is 5.70. The molecule has 0 amide bonds. The van der Waals surface area contributed by atoms with Crippen molar-refractivity contribution in [2.75, 3.05) is 18.0 Å². The van der Waals surface area contributed by atoms with Crippen molar-refractivity contribution in [3.63, 3.8) is 0 Å². The molecule has 0 fully saturated rings. The van der Waals surface area contributed by atoms with Gasteiger partial charge in [-0.2, -0.15) is 18.4 Å². The van der Waals surface area contributed by atoms with Crippen LogP contribution >= 0.6 is 0 Å². The summed E-state index contributed by atoms with van der Waals surface area (Å²) in [6.07, 6.45) is -4.48. The summed E-state index contributed by atoms with van der Waals surface area (Å²) >= 11 is 0. The molecule has 0 saturated heterocycles. The fraction of sp³-hybridized carbons (Fsp3) is 0.385. The summed E-state index contributed by atoms with van der Waals surface area (Å²) in [6.45, 7) is 1.21.